The van der Waals surface area contributed by atoms with E-state index in [2.05, 4.69) is 10.6 Å². The van der Waals surface area contributed by atoms with Crippen molar-refractivity contribution in [1.82, 2.24) is 15.2 Å². The van der Waals surface area contributed by atoms with E-state index in [1.807, 2.05) is 0 Å². The van der Waals surface area contributed by atoms with Crippen LogP contribution >= 0.6 is 0 Å². The van der Waals surface area contributed by atoms with Crippen molar-refractivity contribution in [1.29, 1.82) is 0 Å². The molecule has 1 saturated heterocycles. The third kappa shape index (κ3) is 8.52. The number of aromatic nitrogens is 1. The largest absolute Gasteiger partial charge is 0.492 e. The Labute approximate surface area is 260 Å². The molecule has 2 aromatic rings. The minimum Gasteiger partial charge on any atom is -0.492 e. The maximum Gasteiger partial charge on any atom is 0.407 e. The molecule has 2 fully saturated rings. The van der Waals surface area contributed by atoms with E-state index in [1.165, 1.54) is 13.3 Å². The fourth-order valence-corrected chi connectivity index (χ4v) is 5.49. The molecule has 45 heavy (non-hydrogen) atoms. The van der Waals surface area contributed by atoms with Crippen LogP contribution in [-0.2, 0) is 9.53 Å². The monoisotopic (exact) mass is 632 g/mol. The van der Waals surface area contributed by atoms with Gasteiger partial charge in [-0.1, -0.05) is 6.42 Å². The standard InChI is InChI=1S/C32H42F2N4O7/c1-32(2,3)45-31(43)35-13-7-5-6-10-25(39)36-16-24(34)19-9-8-14-37(17-19)27-23(33)15-21-26(29(27)44-4)38(20-11-12-20)18-22(28(21)40)30(41)42/h15,18,20H,5-14,16-17H2,1-4H3,(H,35,43)(H,36,39)(H,41,42)/b24-19+. The number of hydrogen-bond donors (Lipinski definition) is 3. The average molecular weight is 633 g/mol. The summed E-state index contributed by atoms with van der Waals surface area (Å²) >= 11 is 0. The molecule has 1 aliphatic carbocycles. The topological polar surface area (TPSA) is 139 Å². The van der Waals surface area contributed by atoms with Crippen molar-refractivity contribution in [2.24, 2.45) is 0 Å². The summed E-state index contributed by atoms with van der Waals surface area (Å²) in [5.74, 6) is -2.84. The fourth-order valence-electron chi connectivity index (χ4n) is 5.49. The van der Waals surface area contributed by atoms with Gasteiger partial charge < -0.3 is 34.7 Å². The second-order valence-corrected chi connectivity index (χ2v) is 12.5. The molecular formula is C32H42F2N4O7. The van der Waals surface area contributed by atoms with Gasteiger partial charge in [-0.25, -0.2) is 18.4 Å². The highest BCUT2D eigenvalue weighted by molar-refractivity contribution is 5.97. The predicted octanol–water partition coefficient (Wildman–Crippen LogP) is 5.21. The Bertz CT molecular complexity index is 1540. The van der Waals surface area contributed by atoms with Crippen LogP contribution in [0.3, 0.4) is 0 Å². The molecule has 0 spiro atoms. The summed E-state index contributed by atoms with van der Waals surface area (Å²) in [5.41, 5.74) is -0.980. The molecule has 1 aliphatic heterocycles. The Morgan fingerprint density at radius 3 is 2.51 bits per heavy atom. The summed E-state index contributed by atoms with van der Waals surface area (Å²) in [6.45, 7) is 5.97. The number of unbranched alkanes of at least 4 members (excludes halogenated alkanes) is 2. The molecule has 0 bridgehead atoms. The van der Waals surface area contributed by atoms with E-state index in [1.54, 1.807) is 30.2 Å². The first-order chi connectivity index (χ1) is 21.3. The first-order valence-corrected chi connectivity index (χ1v) is 15.3. The molecule has 11 nitrogen and oxygen atoms in total. The first kappa shape index (κ1) is 33.7. The van der Waals surface area contributed by atoms with Crippen LogP contribution in [0.2, 0.25) is 0 Å². The molecule has 2 aliphatic rings. The lowest BCUT2D eigenvalue weighted by Gasteiger charge is -2.33. The number of nitrogens with one attached hydrogen (secondary N) is 2. The van der Waals surface area contributed by atoms with E-state index in [4.69, 9.17) is 9.47 Å². The van der Waals surface area contributed by atoms with Crippen molar-refractivity contribution in [3.63, 3.8) is 0 Å². The van der Waals surface area contributed by atoms with Gasteiger partial charge in [0.15, 0.2) is 11.6 Å². The third-order valence-electron chi connectivity index (χ3n) is 7.75. The minimum absolute atomic E-state index is 0.0369. The lowest BCUT2D eigenvalue weighted by Crippen LogP contribution is -2.34. The van der Waals surface area contributed by atoms with Crippen LogP contribution in [0.5, 0.6) is 5.75 Å². The summed E-state index contributed by atoms with van der Waals surface area (Å²) in [4.78, 5) is 50.4. The molecular weight excluding hydrogens is 590 g/mol. The Kier molecular flexibility index (Phi) is 10.7. The second kappa shape index (κ2) is 14.3. The number of aromatic carboxylic acids is 1. The quantitative estimate of drug-likeness (QED) is 0.271. The van der Waals surface area contributed by atoms with Gasteiger partial charge in [0, 0.05) is 38.3 Å². The van der Waals surface area contributed by atoms with Gasteiger partial charge in [-0.05, 0) is 70.9 Å². The highest BCUT2D eigenvalue weighted by Crippen LogP contribution is 2.44. The lowest BCUT2D eigenvalue weighted by molar-refractivity contribution is -0.121. The van der Waals surface area contributed by atoms with Gasteiger partial charge in [-0.2, -0.15) is 0 Å². The van der Waals surface area contributed by atoms with Gasteiger partial charge in [0.2, 0.25) is 11.3 Å². The van der Waals surface area contributed by atoms with Gasteiger partial charge in [0.05, 0.1) is 24.6 Å². The summed E-state index contributed by atoms with van der Waals surface area (Å²) in [7, 11) is 1.36. The maximum atomic E-state index is 15.7. The number of nitrogens with zero attached hydrogens (tertiary/aromatic N) is 2. The number of piperidine rings is 1. The Hall–Kier alpha value is -4.16. The van der Waals surface area contributed by atoms with E-state index >= 15 is 8.78 Å². The SMILES string of the molecule is COc1c(N2CCC/C(=C(\F)CNC(=O)CCCCCNC(=O)OC(C)(C)C)C2)c(F)cc2c(=O)c(C(=O)O)cn(C3CC3)c12. The zero-order valence-electron chi connectivity index (χ0n) is 26.3. The number of halogens is 2. The number of methoxy groups -OCH3 is 1. The molecule has 0 unspecified atom stereocenters. The molecule has 246 valence electrons. The Balaban J connectivity index is 1.39. The second-order valence-electron chi connectivity index (χ2n) is 12.5. The number of ether oxygens (including phenoxy) is 2. The van der Waals surface area contributed by atoms with Crippen molar-refractivity contribution in [2.45, 2.75) is 83.8 Å². The number of alkyl carbamates (subject to hydrolysis) is 1. The zero-order valence-corrected chi connectivity index (χ0v) is 26.3. The number of rotatable bonds is 12. The smallest absolute Gasteiger partial charge is 0.407 e. The van der Waals surface area contributed by atoms with E-state index in [9.17, 15) is 24.3 Å². The highest BCUT2D eigenvalue weighted by Gasteiger charge is 2.32. The number of carbonyl (C=O) groups excluding carboxylic acids is 2. The number of carboxylic acid groups (broad SMARTS) is 1. The predicted molar refractivity (Wildman–Crippen MR) is 165 cm³/mol. The van der Waals surface area contributed by atoms with E-state index in [0.29, 0.717) is 56.3 Å². The van der Waals surface area contributed by atoms with Crippen LogP contribution in [0.1, 0.15) is 88.5 Å². The molecule has 2 heterocycles. The molecule has 0 atom stereocenters. The van der Waals surface area contributed by atoms with Crippen LogP contribution in [0.15, 0.2) is 28.5 Å². The molecule has 3 N–H and O–H groups in total. The third-order valence-corrected chi connectivity index (χ3v) is 7.75. The number of fused-ring (bicyclic) bond motifs is 1. The van der Waals surface area contributed by atoms with E-state index < -0.39 is 40.3 Å². The van der Waals surface area contributed by atoms with Crippen LogP contribution in [0.4, 0.5) is 19.3 Å². The van der Waals surface area contributed by atoms with Gasteiger partial charge in [-0.3, -0.25) is 9.59 Å². The summed E-state index contributed by atoms with van der Waals surface area (Å²) in [6.07, 6.45) is 5.51. The molecule has 1 aromatic heterocycles. The number of hydrogen-bond acceptors (Lipinski definition) is 7. The van der Waals surface area contributed by atoms with Crippen molar-refractivity contribution in [2.75, 3.05) is 38.2 Å². The molecule has 13 heteroatoms. The number of benzene rings is 1. The van der Waals surface area contributed by atoms with Gasteiger partial charge in [0.25, 0.3) is 0 Å². The van der Waals surface area contributed by atoms with Gasteiger partial charge in [0.1, 0.15) is 22.7 Å². The first-order valence-electron chi connectivity index (χ1n) is 15.3. The molecule has 0 radical (unpaired) electrons. The van der Waals surface area contributed by atoms with Crippen molar-refractivity contribution >= 4 is 34.6 Å². The van der Waals surface area contributed by atoms with Gasteiger partial charge >= 0.3 is 12.1 Å². The Morgan fingerprint density at radius 1 is 1.13 bits per heavy atom. The van der Waals surface area contributed by atoms with Crippen LogP contribution in [0, 0.1) is 5.82 Å². The van der Waals surface area contributed by atoms with E-state index in [0.717, 1.165) is 18.9 Å². The summed E-state index contributed by atoms with van der Waals surface area (Å²) < 4.78 is 43.5. The fraction of sp³-hybridized carbons (Fsp3) is 0.562. The van der Waals surface area contributed by atoms with Crippen molar-refractivity contribution in [3.05, 3.63) is 45.3 Å². The lowest BCUT2D eigenvalue weighted by atomic mass is 10.0. The van der Waals surface area contributed by atoms with E-state index in [-0.39, 0.29) is 48.3 Å². The van der Waals surface area contributed by atoms with Crippen LogP contribution in [0.25, 0.3) is 10.9 Å². The summed E-state index contributed by atoms with van der Waals surface area (Å²) in [5, 5.41) is 14.7. The van der Waals surface area contributed by atoms with Crippen LogP contribution in [-0.4, -0.2) is 66.5 Å². The number of amides is 2. The van der Waals surface area contributed by atoms with Crippen LogP contribution < -0.4 is 25.7 Å². The molecule has 4 rings (SSSR count). The van der Waals surface area contributed by atoms with Gasteiger partial charge in [-0.15, -0.1) is 0 Å². The van der Waals surface area contributed by atoms with Crippen molar-refractivity contribution < 1.29 is 37.7 Å². The number of anilines is 1. The average Bonchev–Trinajstić information content (AvgIpc) is 3.82. The Morgan fingerprint density at radius 2 is 1.87 bits per heavy atom. The normalized spacial score (nSPS) is 16.4. The molecule has 1 saturated carbocycles. The number of carbonyl (C=O) groups is 3. The minimum atomic E-state index is -1.39. The van der Waals surface area contributed by atoms with Crippen molar-refractivity contribution in [3.8, 4) is 5.75 Å². The maximum absolute atomic E-state index is 15.7. The summed E-state index contributed by atoms with van der Waals surface area (Å²) in [6, 6.07) is 1.01. The molecule has 2 amide bonds. The molecule has 1 aromatic carbocycles. The number of carboxylic acids is 1. The number of pyridine rings is 1. The zero-order chi connectivity index (χ0) is 32.9. The highest BCUT2D eigenvalue weighted by atomic mass is 19.1.